The summed E-state index contributed by atoms with van der Waals surface area (Å²) < 4.78 is 5.09. The molecule has 27 heavy (non-hydrogen) atoms. The van der Waals surface area contributed by atoms with Gasteiger partial charge in [0.15, 0.2) is 0 Å². The van der Waals surface area contributed by atoms with Crippen molar-refractivity contribution in [1.82, 2.24) is 0 Å². The molecule has 0 radical (unpaired) electrons. The van der Waals surface area contributed by atoms with Crippen LogP contribution in [0.5, 0.6) is 0 Å². The van der Waals surface area contributed by atoms with Crippen LogP contribution in [-0.2, 0) is 9.53 Å². The molecule has 0 saturated heterocycles. The van der Waals surface area contributed by atoms with Crippen molar-refractivity contribution in [3.05, 3.63) is 54.6 Å². The Balaban J connectivity index is 1.42. The first-order valence-corrected chi connectivity index (χ1v) is 11.1. The number of unbranched alkanes of at least 4 members (excludes halogenated alkanes) is 7. The fourth-order valence-corrected chi connectivity index (χ4v) is 3.96. The highest BCUT2D eigenvalue weighted by Gasteiger charge is 2.02. The van der Waals surface area contributed by atoms with Gasteiger partial charge >= 0.3 is 5.97 Å². The van der Waals surface area contributed by atoms with E-state index in [1.807, 2.05) is 11.8 Å². The number of hydrogen-bond donors (Lipinski definition) is 0. The van der Waals surface area contributed by atoms with Crippen molar-refractivity contribution in [3.8, 4) is 0 Å². The van der Waals surface area contributed by atoms with Crippen LogP contribution in [0.3, 0.4) is 0 Å². The number of carbonyl (C=O) groups excluding carboxylic acids is 1. The third-order valence-electron chi connectivity index (χ3n) is 4.61. The van der Waals surface area contributed by atoms with Crippen LogP contribution in [0.1, 0.15) is 58.3 Å². The molecule has 0 aliphatic carbocycles. The third kappa shape index (κ3) is 8.66. The zero-order chi connectivity index (χ0) is 19.3. The lowest BCUT2D eigenvalue weighted by Gasteiger charge is -2.05. The maximum Gasteiger partial charge on any atom is 0.333 e. The van der Waals surface area contributed by atoms with Crippen molar-refractivity contribution in [2.45, 2.75) is 63.2 Å². The van der Waals surface area contributed by atoms with Gasteiger partial charge in [0.2, 0.25) is 0 Å². The maximum absolute atomic E-state index is 11.2. The summed E-state index contributed by atoms with van der Waals surface area (Å²) in [7, 11) is 0. The Morgan fingerprint density at radius 3 is 2.22 bits per heavy atom. The molecule has 0 amide bonds. The summed E-state index contributed by atoms with van der Waals surface area (Å²) in [5.41, 5.74) is 0.480. The fourth-order valence-electron chi connectivity index (χ4n) is 3.00. The molecule has 2 rings (SSSR count). The second-order valence-corrected chi connectivity index (χ2v) is 8.27. The summed E-state index contributed by atoms with van der Waals surface area (Å²) in [4.78, 5) is 12.6. The number of carbonyl (C=O) groups is 1. The molecule has 0 aliphatic heterocycles. The van der Waals surface area contributed by atoms with Crippen molar-refractivity contribution >= 4 is 28.5 Å². The average Bonchev–Trinajstić information content (AvgIpc) is 2.68. The van der Waals surface area contributed by atoms with E-state index in [9.17, 15) is 4.79 Å². The number of hydrogen-bond acceptors (Lipinski definition) is 3. The van der Waals surface area contributed by atoms with Gasteiger partial charge < -0.3 is 4.74 Å². The standard InChI is InChI=1S/C24H32O2S/c1-20(2)24(25)26-17-11-7-5-3-4-6-8-12-18-27-23-16-15-21-13-9-10-14-22(21)19-23/h9-10,13-16,19H,1,3-8,11-12,17-18H2,2H3. The normalized spacial score (nSPS) is 10.9. The Hall–Kier alpha value is -1.74. The Labute approximate surface area is 168 Å². The van der Waals surface area contributed by atoms with Crippen LogP contribution in [0.2, 0.25) is 0 Å². The molecular formula is C24H32O2S. The molecule has 2 aromatic carbocycles. The molecule has 0 fully saturated rings. The second kappa shape index (κ2) is 12.6. The van der Waals surface area contributed by atoms with Crippen LogP contribution >= 0.6 is 11.8 Å². The highest BCUT2D eigenvalue weighted by molar-refractivity contribution is 7.99. The lowest BCUT2D eigenvalue weighted by Crippen LogP contribution is -2.05. The van der Waals surface area contributed by atoms with Crippen LogP contribution < -0.4 is 0 Å². The van der Waals surface area contributed by atoms with Gasteiger partial charge in [-0.05, 0) is 48.4 Å². The fraction of sp³-hybridized carbons (Fsp3) is 0.458. The smallest absolute Gasteiger partial charge is 0.333 e. The average molecular weight is 385 g/mol. The van der Waals surface area contributed by atoms with E-state index < -0.39 is 0 Å². The van der Waals surface area contributed by atoms with E-state index >= 15 is 0 Å². The third-order valence-corrected chi connectivity index (χ3v) is 5.69. The number of esters is 1. The molecule has 0 atom stereocenters. The Morgan fingerprint density at radius 2 is 1.52 bits per heavy atom. The van der Waals surface area contributed by atoms with E-state index in [-0.39, 0.29) is 5.97 Å². The Morgan fingerprint density at radius 1 is 0.889 bits per heavy atom. The summed E-state index contributed by atoms with van der Waals surface area (Å²) in [5.74, 6) is 0.934. The van der Waals surface area contributed by atoms with E-state index in [1.54, 1.807) is 6.92 Å². The summed E-state index contributed by atoms with van der Waals surface area (Å²) in [6.45, 7) is 5.79. The van der Waals surface area contributed by atoms with Crippen LogP contribution in [-0.4, -0.2) is 18.3 Å². The number of benzene rings is 2. The van der Waals surface area contributed by atoms with Crippen LogP contribution in [0.25, 0.3) is 10.8 Å². The van der Waals surface area contributed by atoms with Crippen molar-refractivity contribution in [2.75, 3.05) is 12.4 Å². The predicted octanol–water partition coefficient (Wildman–Crippen LogP) is 7.17. The van der Waals surface area contributed by atoms with Gasteiger partial charge in [-0.25, -0.2) is 4.79 Å². The van der Waals surface area contributed by atoms with E-state index in [2.05, 4.69) is 49.0 Å². The monoisotopic (exact) mass is 384 g/mol. The molecule has 0 unspecified atom stereocenters. The van der Waals surface area contributed by atoms with E-state index in [0.29, 0.717) is 12.2 Å². The van der Waals surface area contributed by atoms with Crippen molar-refractivity contribution in [2.24, 2.45) is 0 Å². The molecule has 0 aliphatic rings. The SMILES string of the molecule is C=C(C)C(=O)OCCCCCCCCCCSc1ccc2ccccc2c1. The quantitative estimate of drug-likeness (QED) is 0.158. The minimum atomic E-state index is -0.267. The van der Waals surface area contributed by atoms with Gasteiger partial charge in [0.25, 0.3) is 0 Å². The molecule has 2 aromatic rings. The topological polar surface area (TPSA) is 26.3 Å². The van der Waals surface area contributed by atoms with Crippen molar-refractivity contribution in [1.29, 1.82) is 0 Å². The molecule has 0 N–H and O–H groups in total. The van der Waals surface area contributed by atoms with Crippen molar-refractivity contribution < 1.29 is 9.53 Å². The summed E-state index contributed by atoms with van der Waals surface area (Å²) in [6, 6.07) is 15.3. The van der Waals surface area contributed by atoms with E-state index in [0.717, 1.165) is 12.8 Å². The number of rotatable bonds is 13. The second-order valence-electron chi connectivity index (χ2n) is 7.10. The zero-order valence-electron chi connectivity index (χ0n) is 16.5. The predicted molar refractivity (Wildman–Crippen MR) is 117 cm³/mol. The summed E-state index contributed by atoms with van der Waals surface area (Å²) >= 11 is 1.97. The number of thioether (sulfide) groups is 1. The molecule has 0 aromatic heterocycles. The molecule has 0 spiro atoms. The van der Waals surface area contributed by atoms with Crippen LogP contribution in [0.15, 0.2) is 59.5 Å². The van der Waals surface area contributed by atoms with Gasteiger partial charge in [0.1, 0.15) is 0 Å². The van der Waals surface area contributed by atoms with Gasteiger partial charge in [-0.2, -0.15) is 0 Å². The molecule has 0 heterocycles. The maximum atomic E-state index is 11.2. The number of ether oxygens (including phenoxy) is 1. The molecular weight excluding hydrogens is 352 g/mol. The highest BCUT2D eigenvalue weighted by Crippen LogP contribution is 2.24. The minimum Gasteiger partial charge on any atom is -0.462 e. The van der Waals surface area contributed by atoms with Crippen molar-refractivity contribution in [3.63, 3.8) is 0 Å². The van der Waals surface area contributed by atoms with Gasteiger partial charge in [0, 0.05) is 10.5 Å². The number of fused-ring (bicyclic) bond motifs is 1. The molecule has 0 bridgehead atoms. The van der Waals surface area contributed by atoms with Gasteiger partial charge in [0.05, 0.1) is 6.61 Å². The first-order valence-electron chi connectivity index (χ1n) is 10.1. The van der Waals surface area contributed by atoms with E-state index in [4.69, 9.17) is 4.74 Å². The molecule has 146 valence electrons. The van der Waals surface area contributed by atoms with Gasteiger partial charge in [-0.3, -0.25) is 0 Å². The molecule has 3 heteroatoms. The molecule has 2 nitrogen and oxygen atoms in total. The Bertz CT molecular complexity index is 723. The van der Waals surface area contributed by atoms with Gasteiger partial charge in [-0.1, -0.05) is 75.4 Å². The summed E-state index contributed by atoms with van der Waals surface area (Å²) in [5, 5.41) is 2.65. The van der Waals surface area contributed by atoms with Gasteiger partial charge in [-0.15, -0.1) is 11.8 Å². The minimum absolute atomic E-state index is 0.267. The lowest BCUT2D eigenvalue weighted by molar-refractivity contribution is -0.139. The van der Waals surface area contributed by atoms with Crippen LogP contribution in [0, 0.1) is 0 Å². The lowest BCUT2D eigenvalue weighted by atomic mass is 10.1. The van der Waals surface area contributed by atoms with E-state index in [1.165, 1.54) is 59.9 Å². The van der Waals surface area contributed by atoms with Crippen LogP contribution in [0.4, 0.5) is 0 Å². The zero-order valence-corrected chi connectivity index (χ0v) is 17.4. The Kier molecular flexibility index (Phi) is 10.1. The first kappa shape index (κ1) is 21.6. The first-order chi connectivity index (χ1) is 13.2. The largest absolute Gasteiger partial charge is 0.462 e. The summed E-state index contributed by atoms with van der Waals surface area (Å²) in [6.07, 6.45) is 9.85. The highest BCUT2D eigenvalue weighted by atomic mass is 32.2. The molecule has 0 saturated carbocycles.